The van der Waals surface area contributed by atoms with Crippen molar-refractivity contribution >= 4 is 54.2 Å². The summed E-state index contributed by atoms with van der Waals surface area (Å²) >= 11 is -0.000449. The zero-order chi connectivity index (χ0) is 7.52. The van der Waals surface area contributed by atoms with Crippen LogP contribution in [0.25, 0.3) is 0 Å². The van der Waals surface area contributed by atoms with Gasteiger partial charge in [0, 0.05) is 0 Å². The molecule has 0 N–H and O–H groups in total. The summed E-state index contributed by atoms with van der Waals surface area (Å²) in [6.07, 6.45) is 3.07. The molecule has 0 nitrogen and oxygen atoms in total. The van der Waals surface area contributed by atoms with E-state index in [0.29, 0.717) is 0 Å². The predicted molar refractivity (Wildman–Crippen MR) is 64.4 cm³/mol. The van der Waals surface area contributed by atoms with E-state index in [1.165, 1.54) is 12.8 Å². The first-order valence-corrected chi connectivity index (χ1v) is 16.7. The van der Waals surface area contributed by atoms with Crippen LogP contribution >= 0.6 is 16.0 Å². The van der Waals surface area contributed by atoms with Crippen LogP contribution in [0, 0.1) is 0 Å². The third-order valence-electron chi connectivity index (χ3n) is 1.79. The van der Waals surface area contributed by atoms with Crippen LogP contribution in [-0.2, 0) is 19.9 Å². The van der Waals surface area contributed by atoms with E-state index < -0.39 is 0 Å². The van der Waals surface area contributed by atoms with E-state index in [2.05, 4.69) is 16.0 Å². The second kappa shape index (κ2) is 5.17. The summed E-state index contributed by atoms with van der Waals surface area (Å²) in [5, 5.41) is 0. The van der Waals surface area contributed by atoms with E-state index in [9.17, 15) is 0 Å². The Hall–Kier alpha value is 2.20. The molecule has 62 valence electrons. The van der Waals surface area contributed by atoms with Crippen molar-refractivity contribution in [3.63, 3.8) is 0 Å². The van der Waals surface area contributed by atoms with Crippen molar-refractivity contribution in [3.05, 3.63) is 0 Å². The molecule has 2 saturated heterocycles. The fourth-order valence-electron chi connectivity index (χ4n) is 0.801. The van der Waals surface area contributed by atoms with Crippen LogP contribution in [0.4, 0.5) is 0 Å². The normalized spacial score (nSPS) is 26.2. The van der Waals surface area contributed by atoms with Gasteiger partial charge in [0.1, 0.15) is 0 Å². The standard InChI is InChI=1S/2C3H6S2.Sn/c2*4-5-2-1-3-5;/h2*1-3H2;/q;;+2. The van der Waals surface area contributed by atoms with E-state index >= 15 is 0 Å². The SMILES string of the molecule is C1C[S+]([S][Sn][S][S+]2CCC2)C1. The van der Waals surface area contributed by atoms with Crippen LogP contribution in [0.15, 0.2) is 0 Å². The summed E-state index contributed by atoms with van der Waals surface area (Å²) in [7, 11) is 6.59. The molecular formula is C6H12S4Sn+2. The number of hydrogen-bond donors (Lipinski definition) is 0. The summed E-state index contributed by atoms with van der Waals surface area (Å²) < 4.78 is 0. The summed E-state index contributed by atoms with van der Waals surface area (Å²) in [6.45, 7) is 0. The van der Waals surface area contributed by atoms with Gasteiger partial charge in [-0.15, -0.1) is 0 Å². The van der Waals surface area contributed by atoms with Crippen LogP contribution < -0.4 is 0 Å². The Balaban J connectivity index is 1.46. The Bertz CT molecular complexity index is 110. The summed E-state index contributed by atoms with van der Waals surface area (Å²) in [5.41, 5.74) is 0. The molecule has 2 aliphatic rings. The molecule has 0 aromatic carbocycles. The molecule has 2 fully saturated rings. The topological polar surface area (TPSA) is 0 Å². The molecule has 0 saturated carbocycles. The maximum absolute atomic E-state index is 2.41. The molecule has 5 heteroatoms. The van der Waals surface area contributed by atoms with Gasteiger partial charge in [-0.2, -0.15) is 0 Å². The average molecular weight is 331 g/mol. The van der Waals surface area contributed by atoms with Gasteiger partial charge < -0.3 is 0 Å². The van der Waals surface area contributed by atoms with Gasteiger partial charge in [0.05, 0.1) is 0 Å². The summed E-state index contributed by atoms with van der Waals surface area (Å²) in [4.78, 5) is 0. The van der Waals surface area contributed by atoms with Crippen molar-refractivity contribution < 1.29 is 0 Å². The molecule has 0 atom stereocenters. The molecule has 2 aliphatic heterocycles. The fraction of sp³-hybridized carbons (Fsp3) is 1.00. The third kappa shape index (κ3) is 3.11. The van der Waals surface area contributed by atoms with Gasteiger partial charge in [-0.1, -0.05) is 0 Å². The van der Waals surface area contributed by atoms with Crippen LogP contribution in [0.1, 0.15) is 12.8 Å². The molecule has 0 bridgehead atoms. The Morgan fingerprint density at radius 3 is 1.55 bits per heavy atom. The van der Waals surface area contributed by atoms with Crippen molar-refractivity contribution in [2.24, 2.45) is 0 Å². The Morgan fingerprint density at radius 1 is 0.818 bits per heavy atom. The van der Waals surface area contributed by atoms with E-state index in [-0.39, 0.29) is 18.4 Å². The zero-order valence-electron chi connectivity index (χ0n) is 6.38. The molecule has 2 heterocycles. The van der Waals surface area contributed by atoms with E-state index in [1.807, 2.05) is 0 Å². The molecule has 0 aromatic rings. The van der Waals surface area contributed by atoms with Crippen LogP contribution in [0.2, 0.25) is 0 Å². The van der Waals surface area contributed by atoms with Gasteiger partial charge in [-0.3, -0.25) is 0 Å². The Labute approximate surface area is 89.0 Å². The number of hydrogen-bond acceptors (Lipinski definition) is 2. The Kier molecular flexibility index (Phi) is 4.58. The monoisotopic (exact) mass is 332 g/mol. The van der Waals surface area contributed by atoms with Gasteiger partial charge in [0.15, 0.2) is 0 Å². The van der Waals surface area contributed by atoms with E-state index in [4.69, 9.17) is 0 Å². The first kappa shape index (κ1) is 9.74. The minimum absolute atomic E-state index is 0.000449. The summed E-state index contributed by atoms with van der Waals surface area (Å²) in [6, 6.07) is 0. The maximum atomic E-state index is 2.41. The average Bonchev–Trinajstić information content (AvgIpc) is 1.79. The molecule has 11 heavy (non-hydrogen) atoms. The third-order valence-corrected chi connectivity index (χ3v) is 33.0. The molecule has 2 rings (SSSR count). The van der Waals surface area contributed by atoms with Crippen LogP contribution in [0.5, 0.6) is 0 Å². The van der Waals surface area contributed by atoms with Gasteiger partial charge in [-0.25, -0.2) is 0 Å². The van der Waals surface area contributed by atoms with Crippen molar-refractivity contribution in [2.75, 3.05) is 23.0 Å². The molecule has 0 unspecified atom stereocenters. The molecule has 2 radical (unpaired) electrons. The molecule has 0 aromatic heterocycles. The molecule has 0 aliphatic carbocycles. The first-order valence-electron chi connectivity index (χ1n) is 3.90. The van der Waals surface area contributed by atoms with Gasteiger partial charge in [-0.05, 0) is 0 Å². The van der Waals surface area contributed by atoms with Crippen molar-refractivity contribution in [1.29, 1.82) is 0 Å². The van der Waals surface area contributed by atoms with E-state index in [0.717, 1.165) is 19.9 Å². The minimum atomic E-state index is -0.000449. The van der Waals surface area contributed by atoms with Crippen molar-refractivity contribution in [2.45, 2.75) is 12.8 Å². The molecular weight excluding hydrogens is 319 g/mol. The van der Waals surface area contributed by atoms with Gasteiger partial charge in [0.25, 0.3) is 0 Å². The summed E-state index contributed by atoms with van der Waals surface area (Å²) in [5.74, 6) is 6.28. The first-order chi connectivity index (χ1) is 5.45. The van der Waals surface area contributed by atoms with E-state index in [1.54, 1.807) is 23.0 Å². The van der Waals surface area contributed by atoms with Crippen LogP contribution in [-0.4, -0.2) is 41.4 Å². The second-order valence-electron chi connectivity index (χ2n) is 2.65. The quantitative estimate of drug-likeness (QED) is 0.438. The second-order valence-corrected chi connectivity index (χ2v) is 23.7. The number of rotatable bonds is 4. The van der Waals surface area contributed by atoms with Gasteiger partial charge in [0.2, 0.25) is 0 Å². The van der Waals surface area contributed by atoms with Crippen LogP contribution in [0.3, 0.4) is 0 Å². The van der Waals surface area contributed by atoms with Gasteiger partial charge >= 0.3 is 90.0 Å². The predicted octanol–water partition coefficient (Wildman–Crippen LogP) is 1.86. The molecule has 0 spiro atoms. The molecule has 0 amide bonds. The zero-order valence-corrected chi connectivity index (χ0v) is 12.5. The van der Waals surface area contributed by atoms with Crippen molar-refractivity contribution in [1.82, 2.24) is 0 Å². The van der Waals surface area contributed by atoms with Crippen molar-refractivity contribution in [3.8, 4) is 0 Å². The fourth-order valence-corrected chi connectivity index (χ4v) is 38.0. The Morgan fingerprint density at radius 2 is 1.27 bits per heavy atom.